The van der Waals surface area contributed by atoms with E-state index in [9.17, 15) is 4.79 Å². The molecular weight excluding hydrogens is 272 g/mol. The Bertz CT molecular complexity index is 578. The first-order valence-electron chi connectivity index (χ1n) is 5.71. The molecule has 7 nitrogen and oxygen atoms in total. The fourth-order valence-corrected chi connectivity index (χ4v) is 1.84. The van der Waals surface area contributed by atoms with E-state index in [4.69, 9.17) is 20.8 Å². The molecule has 0 radical (unpaired) electrons. The SMILES string of the molecule is CCOC(=O)c1nnn(Cc2ncoc2C)c1CCl. The lowest BCUT2D eigenvalue weighted by molar-refractivity contribution is 0.0518. The summed E-state index contributed by atoms with van der Waals surface area (Å²) in [7, 11) is 0. The Hall–Kier alpha value is -1.89. The smallest absolute Gasteiger partial charge is 0.360 e. The summed E-state index contributed by atoms with van der Waals surface area (Å²) in [6.45, 7) is 4.14. The molecule has 2 rings (SSSR count). The number of hydrogen-bond donors (Lipinski definition) is 0. The van der Waals surface area contributed by atoms with E-state index in [-0.39, 0.29) is 18.2 Å². The lowest BCUT2D eigenvalue weighted by atomic mass is 10.3. The van der Waals surface area contributed by atoms with Crippen LogP contribution in [0.15, 0.2) is 10.8 Å². The number of carbonyl (C=O) groups is 1. The van der Waals surface area contributed by atoms with Gasteiger partial charge in [0.15, 0.2) is 12.1 Å². The quantitative estimate of drug-likeness (QED) is 0.612. The van der Waals surface area contributed by atoms with Gasteiger partial charge in [-0.3, -0.25) is 0 Å². The van der Waals surface area contributed by atoms with Gasteiger partial charge in [-0.05, 0) is 13.8 Å². The van der Waals surface area contributed by atoms with Gasteiger partial charge in [0.05, 0.1) is 24.7 Å². The van der Waals surface area contributed by atoms with Crippen LogP contribution in [0.2, 0.25) is 0 Å². The average Bonchev–Trinajstić information content (AvgIpc) is 2.97. The summed E-state index contributed by atoms with van der Waals surface area (Å²) in [4.78, 5) is 15.7. The van der Waals surface area contributed by atoms with Crippen LogP contribution in [0.4, 0.5) is 0 Å². The third-order valence-corrected chi connectivity index (χ3v) is 2.83. The molecule has 0 amide bonds. The molecule has 0 aromatic carbocycles. The molecule has 102 valence electrons. The fraction of sp³-hybridized carbons (Fsp3) is 0.455. The molecule has 0 bridgehead atoms. The molecule has 2 aromatic rings. The Labute approximate surface area is 114 Å². The van der Waals surface area contributed by atoms with Crippen molar-refractivity contribution < 1.29 is 13.9 Å². The van der Waals surface area contributed by atoms with Crippen LogP contribution >= 0.6 is 11.6 Å². The van der Waals surface area contributed by atoms with Crippen molar-refractivity contribution in [1.29, 1.82) is 0 Å². The minimum atomic E-state index is -0.527. The Morgan fingerprint density at radius 2 is 2.37 bits per heavy atom. The molecule has 2 aromatic heterocycles. The van der Waals surface area contributed by atoms with Crippen LogP contribution < -0.4 is 0 Å². The lowest BCUT2D eigenvalue weighted by Crippen LogP contribution is -2.11. The van der Waals surface area contributed by atoms with Crippen molar-refractivity contribution in [2.45, 2.75) is 26.3 Å². The highest BCUT2D eigenvalue weighted by atomic mass is 35.5. The molecule has 0 N–H and O–H groups in total. The third-order valence-electron chi connectivity index (χ3n) is 2.58. The lowest BCUT2D eigenvalue weighted by Gasteiger charge is -2.03. The van der Waals surface area contributed by atoms with Crippen LogP contribution in [0, 0.1) is 6.92 Å². The summed E-state index contributed by atoms with van der Waals surface area (Å²) in [5, 5.41) is 7.72. The van der Waals surface area contributed by atoms with Gasteiger partial charge in [-0.25, -0.2) is 14.5 Å². The normalized spacial score (nSPS) is 10.7. The van der Waals surface area contributed by atoms with Crippen LogP contribution in [0.25, 0.3) is 0 Å². The number of oxazole rings is 1. The number of aromatic nitrogens is 4. The van der Waals surface area contributed by atoms with Crippen molar-refractivity contribution in [3.8, 4) is 0 Å². The molecule has 8 heteroatoms. The van der Waals surface area contributed by atoms with E-state index >= 15 is 0 Å². The van der Waals surface area contributed by atoms with E-state index < -0.39 is 5.97 Å². The number of esters is 1. The summed E-state index contributed by atoms with van der Waals surface area (Å²) in [6.07, 6.45) is 1.36. The number of aryl methyl sites for hydroxylation is 1. The number of nitrogens with zero attached hydrogens (tertiary/aromatic N) is 4. The Kier molecular flexibility index (Phi) is 4.16. The van der Waals surface area contributed by atoms with Gasteiger partial charge in [0, 0.05) is 0 Å². The van der Waals surface area contributed by atoms with E-state index in [0.717, 1.165) is 0 Å². The maximum Gasteiger partial charge on any atom is 0.360 e. The standard InChI is InChI=1S/C11H13ClN4O3/c1-3-18-11(17)10-9(4-12)16(15-14-10)5-8-7(2)19-6-13-8/h6H,3-5H2,1-2H3. The summed E-state index contributed by atoms with van der Waals surface area (Å²) in [6, 6.07) is 0. The second-order valence-electron chi connectivity index (χ2n) is 3.75. The first kappa shape index (κ1) is 13.5. The van der Waals surface area contributed by atoms with Crippen LogP contribution in [-0.4, -0.2) is 32.6 Å². The first-order chi connectivity index (χ1) is 9.17. The summed E-state index contributed by atoms with van der Waals surface area (Å²) < 4.78 is 11.5. The fourth-order valence-electron chi connectivity index (χ4n) is 1.57. The summed E-state index contributed by atoms with van der Waals surface area (Å²) >= 11 is 5.85. The van der Waals surface area contributed by atoms with E-state index in [1.807, 2.05) is 0 Å². The second-order valence-corrected chi connectivity index (χ2v) is 4.02. The van der Waals surface area contributed by atoms with Crippen molar-refractivity contribution in [2.24, 2.45) is 0 Å². The Morgan fingerprint density at radius 1 is 1.58 bits per heavy atom. The molecule has 0 saturated carbocycles. The van der Waals surface area contributed by atoms with Gasteiger partial charge in [-0.15, -0.1) is 16.7 Å². The zero-order valence-corrected chi connectivity index (χ0v) is 11.3. The average molecular weight is 285 g/mol. The molecule has 0 saturated heterocycles. The topological polar surface area (TPSA) is 83.0 Å². The van der Waals surface area contributed by atoms with Gasteiger partial charge in [-0.1, -0.05) is 5.21 Å². The number of rotatable bonds is 5. The second kappa shape index (κ2) is 5.83. The van der Waals surface area contributed by atoms with Gasteiger partial charge in [0.25, 0.3) is 0 Å². The molecule has 0 atom stereocenters. The van der Waals surface area contributed by atoms with Crippen molar-refractivity contribution in [3.63, 3.8) is 0 Å². The maximum absolute atomic E-state index is 11.7. The Balaban J connectivity index is 2.27. The monoisotopic (exact) mass is 284 g/mol. The molecule has 0 fully saturated rings. The van der Waals surface area contributed by atoms with E-state index in [1.165, 1.54) is 11.1 Å². The van der Waals surface area contributed by atoms with Gasteiger partial charge in [0.2, 0.25) is 0 Å². The highest BCUT2D eigenvalue weighted by Gasteiger charge is 2.21. The van der Waals surface area contributed by atoms with Crippen LogP contribution in [0.5, 0.6) is 0 Å². The number of alkyl halides is 1. The van der Waals surface area contributed by atoms with Gasteiger partial charge in [0.1, 0.15) is 11.5 Å². The van der Waals surface area contributed by atoms with Gasteiger partial charge < -0.3 is 9.15 Å². The predicted molar refractivity (Wildman–Crippen MR) is 65.9 cm³/mol. The van der Waals surface area contributed by atoms with Crippen LogP contribution in [0.1, 0.15) is 34.6 Å². The van der Waals surface area contributed by atoms with Crippen molar-refractivity contribution in [2.75, 3.05) is 6.61 Å². The highest BCUT2D eigenvalue weighted by molar-refractivity contribution is 6.17. The minimum Gasteiger partial charge on any atom is -0.461 e. The zero-order valence-electron chi connectivity index (χ0n) is 10.6. The summed E-state index contributed by atoms with van der Waals surface area (Å²) in [5.41, 5.74) is 1.35. The van der Waals surface area contributed by atoms with Crippen molar-refractivity contribution in [1.82, 2.24) is 20.0 Å². The number of halogens is 1. The minimum absolute atomic E-state index is 0.109. The van der Waals surface area contributed by atoms with E-state index in [1.54, 1.807) is 13.8 Å². The van der Waals surface area contributed by atoms with Crippen LogP contribution in [0.3, 0.4) is 0 Å². The molecule has 0 aliphatic rings. The molecule has 2 heterocycles. The molecule has 0 spiro atoms. The van der Waals surface area contributed by atoms with Gasteiger partial charge in [-0.2, -0.15) is 0 Å². The van der Waals surface area contributed by atoms with Crippen molar-refractivity contribution in [3.05, 3.63) is 29.2 Å². The van der Waals surface area contributed by atoms with Gasteiger partial charge >= 0.3 is 5.97 Å². The highest BCUT2D eigenvalue weighted by Crippen LogP contribution is 2.13. The molecule has 0 unspecified atom stereocenters. The maximum atomic E-state index is 11.7. The zero-order chi connectivity index (χ0) is 13.8. The molecule has 0 aliphatic heterocycles. The Morgan fingerprint density at radius 3 is 2.95 bits per heavy atom. The first-order valence-corrected chi connectivity index (χ1v) is 6.25. The number of ether oxygens (including phenoxy) is 1. The van der Waals surface area contributed by atoms with Crippen LogP contribution in [-0.2, 0) is 17.2 Å². The van der Waals surface area contributed by atoms with E-state index in [0.29, 0.717) is 23.7 Å². The number of hydrogen-bond acceptors (Lipinski definition) is 6. The largest absolute Gasteiger partial charge is 0.461 e. The van der Waals surface area contributed by atoms with Crippen molar-refractivity contribution >= 4 is 17.6 Å². The molecule has 0 aliphatic carbocycles. The predicted octanol–water partition coefficient (Wildman–Crippen LogP) is 1.54. The third kappa shape index (κ3) is 2.76. The summed E-state index contributed by atoms with van der Waals surface area (Å²) in [5.74, 6) is 0.271. The molecule has 19 heavy (non-hydrogen) atoms. The van der Waals surface area contributed by atoms with E-state index in [2.05, 4.69) is 15.3 Å². The number of carbonyl (C=O) groups excluding carboxylic acids is 1. The molecular formula is C11H13ClN4O3.